The Labute approximate surface area is 115 Å². The molecule has 6 nitrogen and oxygen atoms in total. The third-order valence-electron chi connectivity index (χ3n) is 3.47. The van der Waals surface area contributed by atoms with E-state index in [-0.39, 0.29) is 17.5 Å². The zero-order valence-electron chi connectivity index (χ0n) is 10.6. The molecule has 1 aromatic heterocycles. The Hall–Kier alpha value is -2.63. The highest BCUT2D eigenvalue weighted by molar-refractivity contribution is 5.64. The van der Waals surface area contributed by atoms with Crippen molar-refractivity contribution in [2.75, 3.05) is 5.32 Å². The molecule has 0 spiro atoms. The number of phenols is 1. The molecule has 0 bridgehead atoms. The standard InChI is InChI=1S/C14H13N3O3/c18-10-4-6-11(13(8-10)17(19)20)16-12-5-3-9-2-1-7-15-14(9)12/h1-2,4,6-8,12,16,18H,3,5H2. The maximum absolute atomic E-state index is 11.0. The summed E-state index contributed by atoms with van der Waals surface area (Å²) < 4.78 is 0. The summed E-state index contributed by atoms with van der Waals surface area (Å²) in [5.74, 6) is -0.118. The number of nitro benzene ring substituents is 1. The molecule has 0 amide bonds. The maximum atomic E-state index is 11.0. The van der Waals surface area contributed by atoms with Gasteiger partial charge < -0.3 is 10.4 Å². The summed E-state index contributed by atoms with van der Waals surface area (Å²) in [7, 11) is 0. The second-order valence-electron chi connectivity index (χ2n) is 4.74. The molecule has 0 radical (unpaired) electrons. The number of nitro groups is 1. The van der Waals surface area contributed by atoms with Gasteiger partial charge >= 0.3 is 0 Å². The highest BCUT2D eigenvalue weighted by atomic mass is 16.6. The van der Waals surface area contributed by atoms with E-state index in [0.29, 0.717) is 5.69 Å². The van der Waals surface area contributed by atoms with Gasteiger partial charge in [-0.25, -0.2) is 0 Å². The minimum Gasteiger partial charge on any atom is -0.508 e. The van der Waals surface area contributed by atoms with Crippen molar-refractivity contribution < 1.29 is 10.0 Å². The van der Waals surface area contributed by atoms with E-state index in [1.54, 1.807) is 6.20 Å². The largest absolute Gasteiger partial charge is 0.508 e. The van der Waals surface area contributed by atoms with E-state index in [4.69, 9.17) is 0 Å². The molecule has 0 saturated carbocycles. The molecule has 1 unspecified atom stereocenters. The van der Waals surface area contributed by atoms with Crippen LogP contribution in [0.4, 0.5) is 11.4 Å². The van der Waals surface area contributed by atoms with E-state index in [0.717, 1.165) is 24.6 Å². The lowest BCUT2D eigenvalue weighted by Gasteiger charge is -2.14. The molecule has 0 aliphatic heterocycles. The van der Waals surface area contributed by atoms with Gasteiger partial charge in [-0.05, 0) is 36.6 Å². The normalized spacial score (nSPS) is 16.7. The Morgan fingerprint density at radius 3 is 3.05 bits per heavy atom. The number of hydrogen-bond donors (Lipinski definition) is 2. The van der Waals surface area contributed by atoms with Gasteiger partial charge in [0.15, 0.2) is 0 Å². The van der Waals surface area contributed by atoms with Crippen LogP contribution in [0.15, 0.2) is 36.5 Å². The highest BCUT2D eigenvalue weighted by Crippen LogP contribution is 2.36. The fourth-order valence-electron chi connectivity index (χ4n) is 2.53. The molecule has 1 aromatic carbocycles. The van der Waals surface area contributed by atoms with Crippen LogP contribution in [0.2, 0.25) is 0 Å². The van der Waals surface area contributed by atoms with Crippen LogP contribution >= 0.6 is 0 Å². The van der Waals surface area contributed by atoms with Crippen molar-refractivity contribution in [2.24, 2.45) is 0 Å². The number of aromatic hydroxyl groups is 1. The third-order valence-corrected chi connectivity index (χ3v) is 3.47. The Morgan fingerprint density at radius 1 is 1.40 bits per heavy atom. The zero-order chi connectivity index (χ0) is 14.1. The van der Waals surface area contributed by atoms with Gasteiger partial charge in [0.2, 0.25) is 0 Å². The second kappa shape index (κ2) is 4.80. The van der Waals surface area contributed by atoms with Gasteiger partial charge in [0.25, 0.3) is 5.69 Å². The van der Waals surface area contributed by atoms with Crippen LogP contribution in [-0.2, 0) is 6.42 Å². The summed E-state index contributed by atoms with van der Waals surface area (Å²) in [4.78, 5) is 14.9. The van der Waals surface area contributed by atoms with Gasteiger partial charge in [0.05, 0.1) is 22.7 Å². The average molecular weight is 271 g/mol. The van der Waals surface area contributed by atoms with Crippen LogP contribution in [-0.4, -0.2) is 15.0 Å². The first kappa shape index (κ1) is 12.4. The Bertz CT molecular complexity index is 672. The van der Waals surface area contributed by atoms with Gasteiger partial charge in [-0.1, -0.05) is 6.07 Å². The minimum absolute atomic E-state index is 0.0329. The summed E-state index contributed by atoms with van der Waals surface area (Å²) in [6.45, 7) is 0. The van der Waals surface area contributed by atoms with Gasteiger partial charge in [-0.3, -0.25) is 15.1 Å². The number of nitrogens with zero attached hydrogens (tertiary/aromatic N) is 2. The van der Waals surface area contributed by atoms with Crippen molar-refractivity contribution in [3.63, 3.8) is 0 Å². The van der Waals surface area contributed by atoms with Crippen LogP contribution < -0.4 is 5.32 Å². The van der Waals surface area contributed by atoms with Crippen LogP contribution in [0, 0.1) is 10.1 Å². The first-order chi connectivity index (χ1) is 9.65. The molecule has 102 valence electrons. The van der Waals surface area contributed by atoms with Crippen molar-refractivity contribution in [3.8, 4) is 5.75 Å². The van der Waals surface area contributed by atoms with E-state index < -0.39 is 4.92 Å². The van der Waals surface area contributed by atoms with Crippen LogP contribution in [0.1, 0.15) is 23.7 Å². The number of pyridine rings is 1. The monoisotopic (exact) mass is 271 g/mol. The number of rotatable bonds is 3. The third kappa shape index (κ3) is 2.16. The molecule has 2 N–H and O–H groups in total. The first-order valence-electron chi connectivity index (χ1n) is 6.33. The Balaban J connectivity index is 1.92. The predicted octanol–water partition coefficient (Wildman–Crippen LogP) is 2.79. The lowest BCUT2D eigenvalue weighted by Crippen LogP contribution is -2.10. The van der Waals surface area contributed by atoms with Gasteiger partial charge in [0, 0.05) is 6.20 Å². The number of nitrogens with one attached hydrogen (secondary N) is 1. The molecule has 1 atom stereocenters. The molecular formula is C14H13N3O3. The number of hydrogen-bond acceptors (Lipinski definition) is 5. The number of benzene rings is 1. The van der Waals surface area contributed by atoms with Crippen LogP contribution in [0.3, 0.4) is 0 Å². The summed E-state index contributed by atoms with van der Waals surface area (Å²) >= 11 is 0. The lowest BCUT2D eigenvalue weighted by molar-refractivity contribution is -0.384. The number of fused-ring (bicyclic) bond motifs is 1. The van der Waals surface area contributed by atoms with E-state index in [2.05, 4.69) is 10.3 Å². The molecule has 1 aliphatic rings. The van der Waals surface area contributed by atoms with Crippen molar-refractivity contribution in [1.82, 2.24) is 4.98 Å². The minimum atomic E-state index is -0.504. The molecule has 3 rings (SSSR count). The van der Waals surface area contributed by atoms with Crippen molar-refractivity contribution in [1.29, 1.82) is 0 Å². The fourth-order valence-corrected chi connectivity index (χ4v) is 2.53. The molecule has 20 heavy (non-hydrogen) atoms. The smallest absolute Gasteiger partial charge is 0.296 e. The molecule has 1 heterocycles. The molecule has 1 aliphatic carbocycles. The SMILES string of the molecule is O=[N+]([O-])c1cc(O)ccc1NC1CCc2cccnc21. The predicted molar refractivity (Wildman–Crippen MR) is 73.7 cm³/mol. The summed E-state index contributed by atoms with van der Waals surface area (Å²) in [6, 6.07) is 7.99. The Morgan fingerprint density at radius 2 is 2.25 bits per heavy atom. The topological polar surface area (TPSA) is 88.3 Å². The molecular weight excluding hydrogens is 258 g/mol. The van der Waals surface area contributed by atoms with E-state index in [1.165, 1.54) is 17.7 Å². The van der Waals surface area contributed by atoms with E-state index in [1.807, 2.05) is 12.1 Å². The highest BCUT2D eigenvalue weighted by Gasteiger charge is 2.25. The van der Waals surface area contributed by atoms with E-state index >= 15 is 0 Å². The molecule has 6 heteroatoms. The fraction of sp³-hybridized carbons (Fsp3) is 0.214. The molecule has 0 fully saturated rings. The zero-order valence-corrected chi connectivity index (χ0v) is 10.6. The van der Waals surface area contributed by atoms with Crippen LogP contribution in [0.5, 0.6) is 5.75 Å². The summed E-state index contributed by atoms with van der Waals surface area (Å²) in [5, 5.41) is 23.6. The van der Waals surface area contributed by atoms with Crippen LogP contribution in [0.25, 0.3) is 0 Å². The quantitative estimate of drug-likeness (QED) is 0.509. The number of aromatic nitrogens is 1. The van der Waals surface area contributed by atoms with Crippen molar-refractivity contribution in [2.45, 2.75) is 18.9 Å². The van der Waals surface area contributed by atoms with Gasteiger partial charge in [-0.2, -0.15) is 0 Å². The molecule has 0 saturated heterocycles. The summed E-state index contributed by atoms with van der Waals surface area (Å²) in [5.41, 5.74) is 2.38. The first-order valence-corrected chi connectivity index (χ1v) is 6.33. The number of phenolic OH excluding ortho intramolecular Hbond substituents is 1. The second-order valence-corrected chi connectivity index (χ2v) is 4.74. The average Bonchev–Trinajstić information content (AvgIpc) is 2.84. The lowest BCUT2D eigenvalue weighted by atomic mass is 10.2. The van der Waals surface area contributed by atoms with E-state index in [9.17, 15) is 15.2 Å². The van der Waals surface area contributed by atoms with Crippen molar-refractivity contribution in [3.05, 3.63) is 57.9 Å². The number of anilines is 1. The molecule has 2 aromatic rings. The Kier molecular flexibility index (Phi) is 2.98. The van der Waals surface area contributed by atoms with Gasteiger partial charge in [-0.15, -0.1) is 0 Å². The maximum Gasteiger partial charge on any atom is 0.296 e. The summed E-state index contributed by atoms with van der Waals surface area (Å²) in [6.07, 6.45) is 3.49. The number of aryl methyl sites for hydroxylation is 1. The van der Waals surface area contributed by atoms with Crippen molar-refractivity contribution >= 4 is 11.4 Å². The van der Waals surface area contributed by atoms with Gasteiger partial charge in [0.1, 0.15) is 11.4 Å².